The number of urea groups is 1. The molecule has 170 valence electrons. The Bertz CT molecular complexity index is 919. The first kappa shape index (κ1) is 22.1. The van der Waals surface area contributed by atoms with Gasteiger partial charge in [0.05, 0.1) is 6.61 Å². The van der Waals surface area contributed by atoms with Gasteiger partial charge in [-0.3, -0.25) is 9.69 Å². The second-order valence-electron chi connectivity index (χ2n) is 8.81. The molecule has 1 unspecified atom stereocenters. The molecule has 0 radical (unpaired) electrons. The molecule has 3 atom stereocenters. The van der Waals surface area contributed by atoms with E-state index in [0.29, 0.717) is 37.5 Å². The number of fused-ring (bicyclic) bond motifs is 1. The molecule has 7 nitrogen and oxygen atoms in total. The fourth-order valence-corrected chi connectivity index (χ4v) is 4.72. The first-order valence-electron chi connectivity index (χ1n) is 11.3. The van der Waals surface area contributed by atoms with Crippen molar-refractivity contribution in [2.24, 2.45) is 5.92 Å². The zero-order valence-corrected chi connectivity index (χ0v) is 18.4. The number of carbonyl (C=O) groups excluding carboxylic acids is 2. The second kappa shape index (κ2) is 10.0. The van der Waals surface area contributed by atoms with Crippen LogP contribution in [0, 0.1) is 5.92 Å². The van der Waals surface area contributed by atoms with E-state index in [0.717, 1.165) is 25.8 Å². The predicted molar refractivity (Wildman–Crippen MR) is 122 cm³/mol. The first-order chi connectivity index (χ1) is 15.5. The SMILES string of the molecule is CC(=O)OCC1CCN2[C@H](Cc3ccccc3)C[C@@H]2CN(C(=O)Nc2ccc(O)cc2)C1. The molecule has 0 saturated carbocycles. The van der Waals surface area contributed by atoms with Crippen molar-refractivity contribution < 1.29 is 19.4 Å². The van der Waals surface area contributed by atoms with Gasteiger partial charge >= 0.3 is 12.0 Å². The van der Waals surface area contributed by atoms with Crippen LogP contribution in [0.5, 0.6) is 5.75 Å². The largest absolute Gasteiger partial charge is 0.508 e. The molecule has 2 aliphatic rings. The Kier molecular flexibility index (Phi) is 6.95. The molecule has 0 spiro atoms. The molecular weight excluding hydrogens is 406 g/mol. The number of nitrogens with one attached hydrogen (secondary N) is 1. The van der Waals surface area contributed by atoms with Gasteiger partial charge < -0.3 is 20.1 Å². The van der Waals surface area contributed by atoms with E-state index in [1.54, 1.807) is 24.3 Å². The molecule has 2 amide bonds. The third-order valence-corrected chi connectivity index (χ3v) is 6.43. The van der Waals surface area contributed by atoms with Crippen LogP contribution in [0.4, 0.5) is 10.5 Å². The molecule has 2 heterocycles. The van der Waals surface area contributed by atoms with Gasteiger partial charge in [0.1, 0.15) is 5.75 Å². The standard InChI is InChI=1S/C25H31N3O4/c1-18(29)32-17-20-11-12-28-22(13-19-5-3-2-4-6-19)14-23(28)16-27(15-20)25(31)26-21-7-9-24(30)10-8-21/h2-10,20,22-23,30H,11-17H2,1H3,(H,26,31)/t20?,22-,23-/m1/s1. The molecular formula is C25H31N3O4. The molecule has 0 aliphatic carbocycles. The highest BCUT2D eigenvalue weighted by atomic mass is 16.5. The van der Waals surface area contributed by atoms with Gasteiger partial charge in [-0.25, -0.2) is 4.79 Å². The van der Waals surface area contributed by atoms with E-state index in [4.69, 9.17) is 4.74 Å². The summed E-state index contributed by atoms with van der Waals surface area (Å²) in [5.41, 5.74) is 1.97. The van der Waals surface area contributed by atoms with Gasteiger partial charge in [-0.2, -0.15) is 0 Å². The zero-order valence-electron chi connectivity index (χ0n) is 18.4. The van der Waals surface area contributed by atoms with Crippen LogP contribution < -0.4 is 5.32 Å². The maximum absolute atomic E-state index is 13.1. The number of rotatable bonds is 5. The fraction of sp³-hybridized carbons (Fsp3) is 0.440. The van der Waals surface area contributed by atoms with Crippen LogP contribution in [0.25, 0.3) is 0 Å². The average molecular weight is 438 g/mol. The Morgan fingerprint density at radius 1 is 1.09 bits per heavy atom. The van der Waals surface area contributed by atoms with Crippen LogP contribution in [0.3, 0.4) is 0 Å². The maximum atomic E-state index is 13.1. The molecule has 2 aromatic rings. The minimum Gasteiger partial charge on any atom is -0.508 e. The predicted octanol–water partition coefficient (Wildman–Crippen LogP) is 3.49. The lowest BCUT2D eigenvalue weighted by molar-refractivity contribution is -0.143. The van der Waals surface area contributed by atoms with E-state index in [1.165, 1.54) is 12.5 Å². The van der Waals surface area contributed by atoms with E-state index >= 15 is 0 Å². The van der Waals surface area contributed by atoms with Crippen LogP contribution in [-0.4, -0.2) is 65.2 Å². The van der Waals surface area contributed by atoms with Crippen LogP contribution in [-0.2, 0) is 16.0 Å². The number of ether oxygens (including phenoxy) is 1. The third kappa shape index (κ3) is 5.59. The van der Waals surface area contributed by atoms with Gasteiger partial charge in [-0.15, -0.1) is 0 Å². The van der Waals surface area contributed by atoms with Crippen LogP contribution in [0.2, 0.25) is 0 Å². The lowest BCUT2D eigenvalue weighted by Crippen LogP contribution is -2.63. The number of hydrogen-bond donors (Lipinski definition) is 2. The van der Waals surface area contributed by atoms with Crippen LogP contribution >= 0.6 is 0 Å². The average Bonchev–Trinajstić information content (AvgIpc) is 2.76. The minimum absolute atomic E-state index is 0.0865. The highest BCUT2D eigenvalue weighted by Gasteiger charge is 2.41. The molecule has 2 aromatic carbocycles. The Morgan fingerprint density at radius 3 is 2.56 bits per heavy atom. The van der Waals surface area contributed by atoms with Gasteiger partial charge in [0, 0.05) is 43.7 Å². The quantitative estimate of drug-likeness (QED) is 0.553. The van der Waals surface area contributed by atoms with Crippen molar-refractivity contribution >= 4 is 17.7 Å². The van der Waals surface area contributed by atoms with Crippen molar-refractivity contribution in [3.8, 4) is 5.75 Å². The number of amides is 2. The summed E-state index contributed by atoms with van der Waals surface area (Å²) in [6.45, 7) is 3.87. The van der Waals surface area contributed by atoms with E-state index in [1.807, 2.05) is 11.0 Å². The van der Waals surface area contributed by atoms with Gasteiger partial charge in [0.25, 0.3) is 0 Å². The van der Waals surface area contributed by atoms with Crippen molar-refractivity contribution in [3.05, 3.63) is 60.2 Å². The summed E-state index contributed by atoms with van der Waals surface area (Å²) >= 11 is 0. The smallest absolute Gasteiger partial charge is 0.321 e. The molecule has 2 saturated heterocycles. The number of hydrogen-bond acceptors (Lipinski definition) is 5. The Morgan fingerprint density at radius 2 is 1.84 bits per heavy atom. The van der Waals surface area contributed by atoms with Gasteiger partial charge in [-0.05, 0) is 55.6 Å². The number of phenolic OH excluding ortho intramolecular Hbond substituents is 1. The number of aromatic hydroxyl groups is 1. The van der Waals surface area contributed by atoms with Gasteiger partial charge in [0.2, 0.25) is 0 Å². The van der Waals surface area contributed by atoms with Crippen LogP contribution in [0.15, 0.2) is 54.6 Å². The Hall–Kier alpha value is -3.06. The summed E-state index contributed by atoms with van der Waals surface area (Å²) in [6.07, 6.45) is 2.94. The van der Waals surface area contributed by atoms with Crippen molar-refractivity contribution in [2.45, 2.75) is 38.3 Å². The number of phenols is 1. The topological polar surface area (TPSA) is 82.1 Å². The summed E-state index contributed by atoms with van der Waals surface area (Å²) in [7, 11) is 0. The maximum Gasteiger partial charge on any atom is 0.321 e. The van der Waals surface area contributed by atoms with E-state index < -0.39 is 0 Å². The van der Waals surface area contributed by atoms with Gasteiger partial charge in [0.15, 0.2) is 0 Å². The summed E-state index contributed by atoms with van der Waals surface area (Å²) in [5.74, 6) is -0.0513. The van der Waals surface area contributed by atoms with Crippen molar-refractivity contribution in [1.29, 1.82) is 0 Å². The van der Waals surface area contributed by atoms with E-state index in [2.05, 4.69) is 34.5 Å². The molecule has 2 aliphatic heterocycles. The lowest BCUT2D eigenvalue weighted by Gasteiger charge is -2.52. The Labute approximate surface area is 189 Å². The number of nitrogens with zero attached hydrogens (tertiary/aromatic N) is 2. The van der Waals surface area contributed by atoms with Crippen molar-refractivity contribution in [2.75, 3.05) is 31.6 Å². The fourth-order valence-electron chi connectivity index (χ4n) is 4.72. The normalized spacial score (nSPS) is 23.3. The Balaban J connectivity index is 1.44. The lowest BCUT2D eigenvalue weighted by atomic mass is 9.85. The number of carbonyl (C=O) groups is 2. The molecule has 2 N–H and O–H groups in total. The molecule has 2 fully saturated rings. The highest BCUT2D eigenvalue weighted by Crippen LogP contribution is 2.32. The number of esters is 1. The van der Waals surface area contributed by atoms with Crippen molar-refractivity contribution in [1.82, 2.24) is 9.80 Å². The summed E-state index contributed by atoms with van der Waals surface area (Å²) < 4.78 is 5.30. The van der Waals surface area contributed by atoms with Crippen LogP contribution in [0.1, 0.15) is 25.3 Å². The summed E-state index contributed by atoms with van der Waals surface area (Å²) in [4.78, 5) is 28.8. The van der Waals surface area contributed by atoms with E-state index in [9.17, 15) is 14.7 Å². The zero-order chi connectivity index (χ0) is 22.5. The monoisotopic (exact) mass is 437 g/mol. The molecule has 4 rings (SSSR count). The summed E-state index contributed by atoms with van der Waals surface area (Å²) in [5, 5.41) is 12.4. The van der Waals surface area contributed by atoms with Crippen molar-refractivity contribution in [3.63, 3.8) is 0 Å². The van der Waals surface area contributed by atoms with Gasteiger partial charge in [-0.1, -0.05) is 30.3 Å². The number of anilines is 1. The first-order valence-corrected chi connectivity index (χ1v) is 11.3. The molecule has 0 aromatic heterocycles. The highest BCUT2D eigenvalue weighted by molar-refractivity contribution is 5.89. The third-order valence-electron chi connectivity index (χ3n) is 6.43. The summed E-state index contributed by atoms with van der Waals surface area (Å²) in [6, 6.07) is 17.6. The second-order valence-corrected chi connectivity index (χ2v) is 8.81. The van der Waals surface area contributed by atoms with E-state index in [-0.39, 0.29) is 23.7 Å². The molecule has 0 bridgehead atoms. The molecule has 7 heteroatoms. The minimum atomic E-state index is -0.295. The number of benzene rings is 2. The molecule has 32 heavy (non-hydrogen) atoms.